The fourth-order valence-corrected chi connectivity index (χ4v) is 15.0. The minimum absolute atomic E-state index is 0.101. The molecule has 3 amide bonds. The number of nitrogens with zero attached hydrogens (tertiary/aromatic N) is 3. The van der Waals surface area contributed by atoms with Crippen LogP contribution in [0, 0.1) is 0 Å². The second-order valence-electron chi connectivity index (χ2n) is 25.6. The second-order valence-corrected chi connectivity index (χ2v) is 27.1. The van der Waals surface area contributed by atoms with Crippen molar-refractivity contribution in [3.63, 3.8) is 0 Å². The molecule has 9 rings (SSSR count). The number of phosphoric acid groups is 1. The summed E-state index contributed by atoms with van der Waals surface area (Å²) in [5, 5.41) is 0. The average Bonchev–Trinajstić information content (AvgIpc) is 3.60. The average molecular weight is 1150 g/mol. The normalized spacial score (nSPS) is 20.9. The fraction of sp³-hybridized carbons (Fsp3) is 0.625. The molecular formula is C72H102N3O7P. The molecule has 3 aromatic carbocycles. The number of benzene rings is 3. The second kappa shape index (κ2) is 33.9. The number of carbonyl (C=O) groups excluding carboxylic acids is 3. The molecule has 6 aliphatic rings. The summed E-state index contributed by atoms with van der Waals surface area (Å²) in [5.74, 6) is 2.32. The van der Waals surface area contributed by atoms with Crippen LogP contribution in [0.25, 0.3) is 0 Å². The third-order valence-corrected chi connectivity index (χ3v) is 20.6. The summed E-state index contributed by atoms with van der Waals surface area (Å²) in [6.07, 6.45) is 48.0. The van der Waals surface area contributed by atoms with Gasteiger partial charge < -0.3 is 14.7 Å². The molecule has 3 aliphatic carbocycles. The molecule has 3 atom stereocenters. The van der Waals surface area contributed by atoms with E-state index in [1.54, 1.807) is 14.7 Å². The van der Waals surface area contributed by atoms with Crippen LogP contribution in [0.3, 0.4) is 0 Å². The fourth-order valence-electron chi connectivity index (χ4n) is 13.3. The van der Waals surface area contributed by atoms with Crippen LogP contribution in [0.4, 0.5) is 0 Å². The molecule has 3 aliphatic heterocycles. The van der Waals surface area contributed by atoms with Crippen molar-refractivity contribution in [1.29, 1.82) is 0 Å². The highest BCUT2D eigenvalue weighted by Gasteiger charge is 2.47. The molecule has 3 heterocycles. The molecule has 0 bridgehead atoms. The van der Waals surface area contributed by atoms with Gasteiger partial charge in [-0.25, -0.2) is 4.57 Å². The smallest absolute Gasteiger partial charge is 0.337 e. The first-order valence-electron chi connectivity index (χ1n) is 33.4. The molecule has 0 aromatic heterocycles. The highest BCUT2D eigenvalue weighted by Crippen LogP contribution is 2.55. The van der Waals surface area contributed by atoms with E-state index in [4.69, 9.17) is 13.6 Å². The van der Waals surface area contributed by atoms with Crippen LogP contribution in [0.5, 0.6) is 0 Å². The highest BCUT2D eigenvalue weighted by molar-refractivity contribution is 7.48. The number of hydrogen-bond donors (Lipinski definition) is 0. The van der Waals surface area contributed by atoms with E-state index in [0.717, 1.165) is 96.3 Å². The largest absolute Gasteiger partial charge is 0.475 e. The van der Waals surface area contributed by atoms with E-state index in [0.29, 0.717) is 76.3 Å². The lowest BCUT2D eigenvalue weighted by Gasteiger charge is -2.45. The summed E-state index contributed by atoms with van der Waals surface area (Å²) >= 11 is 0. The first kappa shape index (κ1) is 62.9. The number of amides is 3. The van der Waals surface area contributed by atoms with Crippen LogP contribution < -0.4 is 0 Å². The van der Waals surface area contributed by atoms with E-state index in [9.17, 15) is 18.9 Å². The third kappa shape index (κ3) is 20.8. The van der Waals surface area contributed by atoms with Gasteiger partial charge in [0.25, 0.3) is 0 Å². The summed E-state index contributed by atoms with van der Waals surface area (Å²) in [5.41, 5.74) is 8.71. The molecule has 0 saturated carbocycles. The van der Waals surface area contributed by atoms with Crippen molar-refractivity contribution < 1.29 is 32.5 Å². The summed E-state index contributed by atoms with van der Waals surface area (Å²) < 4.78 is 32.9. The maximum Gasteiger partial charge on any atom is 0.475 e. The Morgan fingerprint density at radius 2 is 0.602 bits per heavy atom. The van der Waals surface area contributed by atoms with Crippen molar-refractivity contribution >= 4 is 25.5 Å². The lowest BCUT2D eigenvalue weighted by molar-refractivity contribution is -0.147. The number of hydrogen-bond acceptors (Lipinski definition) is 7. The van der Waals surface area contributed by atoms with Crippen LogP contribution in [-0.4, -0.2) is 90.0 Å². The number of aryl methyl sites for hydroxylation is 3. The van der Waals surface area contributed by atoms with Gasteiger partial charge in [0.1, 0.15) is 18.3 Å². The molecule has 3 aromatic rings. The van der Waals surface area contributed by atoms with E-state index in [1.165, 1.54) is 130 Å². The number of likely N-dealkylation sites (tertiary alicyclic amines) is 3. The van der Waals surface area contributed by atoms with Gasteiger partial charge in [-0.3, -0.25) is 28.0 Å². The van der Waals surface area contributed by atoms with Gasteiger partial charge in [0.15, 0.2) is 0 Å². The number of unbranched alkanes of at least 4 members (excludes halogenated alkanes) is 15. The number of rotatable bonds is 36. The summed E-state index contributed by atoms with van der Waals surface area (Å²) in [6, 6.07) is 28.0. The molecule has 83 heavy (non-hydrogen) atoms. The summed E-state index contributed by atoms with van der Waals surface area (Å²) in [6.45, 7) is 2.07. The van der Waals surface area contributed by atoms with Crippen molar-refractivity contribution in [3.05, 3.63) is 143 Å². The first-order valence-corrected chi connectivity index (χ1v) is 34.9. The van der Waals surface area contributed by atoms with Crippen LogP contribution in [0.2, 0.25) is 0 Å². The summed E-state index contributed by atoms with van der Waals surface area (Å²) in [7, 11) is -4.08. The standard InChI is InChI=1S/C72H102N3O7P/c76-70(37-25-10-4-1-7-16-28-58-40-46-64(47-41-58)61-31-19-13-20-32-61)73-52-67(53-73)80-83(79,81-68-54-74(55-68)71(77)38-26-11-5-2-8-17-29-59-42-48-65(49-43-59)62-33-21-14-22-34-62)82-69-56-75(57-69)72(78)39-27-12-6-3-9-18-30-60-44-50-66(51-45-60)63-35-23-15-24-36-63/h13-15,19,21,23,40-51,61-63,67-69H,1-12,16-18,20,22,24-39,52-57H2. The molecule has 0 spiro atoms. The molecule has 10 nitrogen and oxygen atoms in total. The van der Waals surface area contributed by atoms with Gasteiger partial charge in [0.2, 0.25) is 17.7 Å². The van der Waals surface area contributed by atoms with E-state index in [2.05, 4.69) is 109 Å². The van der Waals surface area contributed by atoms with Gasteiger partial charge in [-0.1, -0.05) is 186 Å². The van der Waals surface area contributed by atoms with Crippen LogP contribution in [-0.2, 0) is 51.8 Å². The Hall–Kier alpha value is -4.60. The molecular weight excluding hydrogens is 1050 g/mol. The van der Waals surface area contributed by atoms with E-state index < -0.39 is 26.1 Å². The molecule has 3 fully saturated rings. The van der Waals surface area contributed by atoms with Gasteiger partial charge in [-0.15, -0.1) is 0 Å². The highest BCUT2D eigenvalue weighted by atomic mass is 31.2. The van der Waals surface area contributed by atoms with E-state index in [-0.39, 0.29) is 17.7 Å². The maximum atomic E-state index is 14.5. The maximum absolute atomic E-state index is 14.5. The molecule has 11 heteroatoms. The number of allylic oxidation sites excluding steroid dienone is 6. The van der Waals surface area contributed by atoms with Gasteiger partial charge in [-0.2, -0.15) is 0 Å². The zero-order chi connectivity index (χ0) is 57.3. The molecule has 3 saturated heterocycles. The summed E-state index contributed by atoms with van der Waals surface area (Å²) in [4.78, 5) is 44.9. The Morgan fingerprint density at radius 1 is 0.349 bits per heavy atom. The quantitative estimate of drug-likeness (QED) is 0.0324. The van der Waals surface area contributed by atoms with Gasteiger partial charge >= 0.3 is 7.82 Å². The third-order valence-electron chi connectivity index (χ3n) is 18.9. The Kier molecular flexibility index (Phi) is 25.7. The topological polar surface area (TPSA) is 106 Å². The predicted molar refractivity (Wildman–Crippen MR) is 337 cm³/mol. The lowest BCUT2D eigenvalue weighted by atomic mass is 9.87. The Labute approximate surface area is 500 Å². The van der Waals surface area contributed by atoms with Crippen molar-refractivity contribution in [3.8, 4) is 0 Å². The van der Waals surface area contributed by atoms with Crippen molar-refractivity contribution in [2.24, 2.45) is 0 Å². The number of phosphoric ester groups is 1. The van der Waals surface area contributed by atoms with Crippen molar-refractivity contribution in [2.75, 3.05) is 39.3 Å². The van der Waals surface area contributed by atoms with Crippen molar-refractivity contribution in [2.45, 2.75) is 248 Å². The van der Waals surface area contributed by atoms with Gasteiger partial charge in [0, 0.05) is 58.5 Å². The Morgan fingerprint density at radius 3 is 0.855 bits per heavy atom. The van der Waals surface area contributed by atoms with E-state index in [1.807, 2.05) is 0 Å². The Balaban J connectivity index is 0.631. The zero-order valence-electron chi connectivity index (χ0n) is 50.6. The van der Waals surface area contributed by atoms with Crippen LogP contribution in [0.15, 0.2) is 109 Å². The predicted octanol–water partition coefficient (Wildman–Crippen LogP) is 17.2. The monoisotopic (exact) mass is 1150 g/mol. The minimum atomic E-state index is -4.08. The van der Waals surface area contributed by atoms with Gasteiger partial charge in [0.05, 0.1) is 0 Å². The number of carbonyl (C=O) groups is 3. The molecule has 452 valence electrons. The van der Waals surface area contributed by atoms with Crippen LogP contribution >= 0.6 is 7.82 Å². The lowest BCUT2D eigenvalue weighted by Crippen LogP contribution is -2.57. The zero-order valence-corrected chi connectivity index (χ0v) is 51.5. The Bertz CT molecular complexity index is 2280. The molecule has 0 radical (unpaired) electrons. The molecule has 3 unspecified atom stereocenters. The molecule has 0 N–H and O–H groups in total. The van der Waals surface area contributed by atoms with Crippen molar-refractivity contribution in [1.82, 2.24) is 14.7 Å². The van der Waals surface area contributed by atoms with E-state index >= 15 is 0 Å². The first-order chi connectivity index (χ1) is 40.7. The minimum Gasteiger partial charge on any atom is -0.337 e. The van der Waals surface area contributed by atoms with Gasteiger partial charge in [-0.05, 0) is 167 Å². The SMILES string of the molecule is O=C(CCCCCCCCc1ccc(C2CC=CCC2)cc1)N1CC(OP(=O)(OC2CN(C(=O)CCCCCCCCc3ccc(C4CC=CCC4)cc3)C2)OC2CN(C(=O)CCCCCCCCc3ccc(C4CC=CCC4)cc3)C2)C1. The van der Waals surface area contributed by atoms with Crippen LogP contribution in [0.1, 0.15) is 244 Å².